The maximum absolute atomic E-state index is 5.95. The first-order valence-corrected chi connectivity index (χ1v) is 8.58. The van der Waals surface area contributed by atoms with Crippen LogP contribution in [0.25, 0.3) is 11.0 Å². The molecule has 1 N–H and O–H groups in total. The van der Waals surface area contributed by atoms with Gasteiger partial charge in [0.15, 0.2) is 0 Å². The van der Waals surface area contributed by atoms with Gasteiger partial charge in [-0.05, 0) is 43.4 Å². The van der Waals surface area contributed by atoms with Gasteiger partial charge in [-0.3, -0.25) is 0 Å². The number of halogens is 1. The molecule has 4 heteroatoms. The summed E-state index contributed by atoms with van der Waals surface area (Å²) in [6.07, 6.45) is 0. The second kappa shape index (κ2) is 6.69. The smallest absolute Gasteiger partial charge is 0.134 e. The normalized spacial score (nSPS) is 12.7. The molecular weight excluding hydrogens is 346 g/mol. The standard InChI is InChI=1S/C17H16BrNOS/c1-19-15(11-21-14-8-6-13(18)7-9-14)17-10-12-4-2-3-5-16(12)20-17/h2-10,15,19H,11H2,1H3. The van der Waals surface area contributed by atoms with Gasteiger partial charge in [-0.2, -0.15) is 0 Å². The van der Waals surface area contributed by atoms with Crippen LogP contribution in [-0.4, -0.2) is 12.8 Å². The molecule has 0 aliphatic heterocycles. The number of thioether (sulfide) groups is 1. The zero-order valence-electron chi connectivity index (χ0n) is 11.7. The Hall–Kier alpha value is -1.23. The van der Waals surface area contributed by atoms with Crippen molar-refractivity contribution in [3.63, 3.8) is 0 Å². The molecule has 1 aromatic heterocycles. The van der Waals surface area contributed by atoms with E-state index in [1.54, 1.807) is 0 Å². The summed E-state index contributed by atoms with van der Waals surface area (Å²) in [6, 6.07) is 18.8. The van der Waals surface area contributed by atoms with E-state index in [0.717, 1.165) is 27.0 Å². The summed E-state index contributed by atoms with van der Waals surface area (Å²) < 4.78 is 7.05. The van der Waals surface area contributed by atoms with Gasteiger partial charge in [0.05, 0.1) is 6.04 Å². The van der Waals surface area contributed by atoms with Crippen LogP contribution in [0, 0.1) is 0 Å². The topological polar surface area (TPSA) is 25.2 Å². The molecule has 1 unspecified atom stereocenters. The maximum Gasteiger partial charge on any atom is 0.134 e. The molecule has 108 valence electrons. The SMILES string of the molecule is CNC(CSc1ccc(Br)cc1)c1cc2ccccc2o1. The van der Waals surface area contributed by atoms with Gasteiger partial charge in [-0.15, -0.1) is 11.8 Å². The van der Waals surface area contributed by atoms with E-state index in [-0.39, 0.29) is 6.04 Å². The maximum atomic E-state index is 5.95. The molecule has 3 aromatic rings. The van der Waals surface area contributed by atoms with Crippen molar-refractivity contribution in [2.75, 3.05) is 12.8 Å². The molecule has 2 nitrogen and oxygen atoms in total. The van der Waals surface area contributed by atoms with Crippen molar-refractivity contribution in [3.8, 4) is 0 Å². The van der Waals surface area contributed by atoms with Crippen molar-refractivity contribution in [2.45, 2.75) is 10.9 Å². The summed E-state index contributed by atoms with van der Waals surface area (Å²) in [5.41, 5.74) is 0.946. The van der Waals surface area contributed by atoms with Gasteiger partial charge in [0.2, 0.25) is 0 Å². The van der Waals surface area contributed by atoms with Crippen molar-refractivity contribution in [1.82, 2.24) is 5.32 Å². The molecule has 21 heavy (non-hydrogen) atoms. The van der Waals surface area contributed by atoms with Gasteiger partial charge in [0.1, 0.15) is 11.3 Å². The highest BCUT2D eigenvalue weighted by atomic mass is 79.9. The van der Waals surface area contributed by atoms with Crippen molar-refractivity contribution in [1.29, 1.82) is 0 Å². The van der Waals surface area contributed by atoms with E-state index in [1.807, 2.05) is 37.0 Å². The fourth-order valence-electron chi connectivity index (χ4n) is 2.19. The number of benzene rings is 2. The quantitative estimate of drug-likeness (QED) is 0.628. The van der Waals surface area contributed by atoms with E-state index in [4.69, 9.17) is 4.42 Å². The third kappa shape index (κ3) is 3.51. The third-order valence-electron chi connectivity index (χ3n) is 3.37. The van der Waals surface area contributed by atoms with Gasteiger partial charge < -0.3 is 9.73 Å². The molecule has 0 aliphatic carbocycles. The molecule has 1 atom stereocenters. The fraction of sp³-hybridized carbons (Fsp3) is 0.176. The highest BCUT2D eigenvalue weighted by Crippen LogP contribution is 2.29. The lowest BCUT2D eigenvalue weighted by atomic mass is 10.2. The molecule has 0 bridgehead atoms. The van der Waals surface area contributed by atoms with Gasteiger partial charge >= 0.3 is 0 Å². The molecule has 1 heterocycles. The minimum Gasteiger partial charge on any atom is -0.459 e. The summed E-state index contributed by atoms with van der Waals surface area (Å²) in [4.78, 5) is 1.26. The average Bonchev–Trinajstić information content (AvgIpc) is 2.93. The summed E-state index contributed by atoms with van der Waals surface area (Å²) in [7, 11) is 1.97. The van der Waals surface area contributed by atoms with Gasteiger partial charge in [0.25, 0.3) is 0 Å². The molecule has 0 fully saturated rings. The van der Waals surface area contributed by atoms with Gasteiger partial charge in [0, 0.05) is 20.5 Å². The Bertz CT molecular complexity index is 690. The lowest BCUT2D eigenvalue weighted by Gasteiger charge is -2.13. The zero-order chi connectivity index (χ0) is 14.7. The third-order valence-corrected chi connectivity index (χ3v) is 5.00. The predicted molar refractivity (Wildman–Crippen MR) is 92.9 cm³/mol. The summed E-state index contributed by atoms with van der Waals surface area (Å²) >= 11 is 5.28. The molecule has 0 saturated heterocycles. The number of hydrogen-bond acceptors (Lipinski definition) is 3. The number of hydrogen-bond donors (Lipinski definition) is 1. The molecular formula is C17H16BrNOS. The lowest BCUT2D eigenvalue weighted by molar-refractivity contribution is 0.479. The van der Waals surface area contributed by atoms with Crippen molar-refractivity contribution < 1.29 is 4.42 Å². The minimum atomic E-state index is 0.200. The second-order valence-corrected chi connectivity index (χ2v) is 6.80. The zero-order valence-corrected chi connectivity index (χ0v) is 14.1. The van der Waals surface area contributed by atoms with Crippen LogP contribution in [0.2, 0.25) is 0 Å². The minimum absolute atomic E-state index is 0.200. The van der Waals surface area contributed by atoms with Crippen molar-refractivity contribution in [2.24, 2.45) is 0 Å². The van der Waals surface area contributed by atoms with Crippen LogP contribution >= 0.6 is 27.7 Å². The fourth-order valence-corrected chi connectivity index (χ4v) is 3.48. The van der Waals surface area contributed by atoms with Crippen LogP contribution in [0.4, 0.5) is 0 Å². The average molecular weight is 362 g/mol. The molecule has 2 aromatic carbocycles. The Kier molecular flexibility index (Phi) is 4.68. The monoisotopic (exact) mass is 361 g/mol. The first-order valence-electron chi connectivity index (χ1n) is 6.80. The Labute approximate surface area is 137 Å². The van der Waals surface area contributed by atoms with Crippen LogP contribution in [0.5, 0.6) is 0 Å². The van der Waals surface area contributed by atoms with Crippen LogP contribution in [0.3, 0.4) is 0 Å². The Morgan fingerprint density at radius 1 is 1.14 bits per heavy atom. The van der Waals surface area contributed by atoms with Crippen LogP contribution < -0.4 is 5.32 Å². The summed E-state index contributed by atoms with van der Waals surface area (Å²) in [6.45, 7) is 0. The Morgan fingerprint density at radius 3 is 2.62 bits per heavy atom. The molecule has 3 rings (SSSR count). The number of furan rings is 1. The molecule has 0 amide bonds. The summed E-state index contributed by atoms with van der Waals surface area (Å²) in [5, 5.41) is 4.49. The highest BCUT2D eigenvalue weighted by Gasteiger charge is 2.14. The van der Waals surface area contributed by atoms with E-state index >= 15 is 0 Å². The van der Waals surface area contributed by atoms with Crippen molar-refractivity contribution in [3.05, 3.63) is 64.8 Å². The molecule has 0 aliphatic rings. The van der Waals surface area contributed by atoms with E-state index in [2.05, 4.69) is 57.6 Å². The second-order valence-electron chi connectivity index (χ2n) is 4.79. The Balaban J connectivity index is 1.73. The largest absolute Gasteiger partial charge is 0.459 e. The number of fused-ring (bicyclic) bond motifs is 1. The summed E-state index contributed by atoms with van der Waals surface area (Å²) in [5.74, 6) is 1.92. The first kappa shape index (κ1) is 14.7. The van der Waals surface area contributed by atoms with Crippen LogP contribution in [0.1, 0.15) is 11.8 Å². The Morgan fingerprint density at radius 2 is 1.90 bits per heavy atom. The number of rotatable bonds is 5. The number of nitrogens with one attached hydrogen (secondary N) is 1. The van der Waals surface area contributed by atoms with Crippen molar-refractivity contribution >= 4 is 38.7 Å². The van der Waals surface area contributed by atoms with Gasteiger partial charge in [-0.1, -0.05) is 34.1 Å². The van der Waals surface area contributed by atoms with Gasteiger partial charge in [-0.25, -0.2) is 0 Å². The van der Waals surface area contributed by atoms with E-state index in [0.29, 0.717) is 0 Å². The van der Waals surface area contributed by atoms with E-state index in [1.165, 1.54) is 4.90 Å². The molecule has 0 radical (unpaired) electrons. The predicted octanol–water partition coefficient (Wildman–Crippen LogP) is 5.25. The lowest BCUT2D eigenvalue weighted by Crippen LogP contribution is -2.17. The highest BCUT2D eigenvalue weighted by molar-refractivity contribution is 9.10. The van der Waals surface area contributed by atoms with Crippen LogP contribution in [0.15, 0.2) is 68.4 Å². The molecule has 0 saturated carbocycles. The van der Waals surface area contributed by atoms with E-state index in [9.17, 15) is 0 Å². The number of para-hydroxylation sites is 1. The first-order chi connectivity index (χ1) is 10.3. The van der Waals surface area contributed by atoms with E-state index < -0.39 is 0 Å². The van der Waals surface area contributed by atoms with Crippen LogP contribution in [-0.2, 0) is 0 Å². The molecule has 0 spiro atoms.